The molecule has 3 saturated heterocycles. The average molecular weight is 630 g/mol. The number of rotatable bonds is 11. The van der Waals surface area contributed by atoms with Gasteiger partial charge in [0, 0.05) is 24.4 Å². The molecule has 4 aliphatic rings. The number of hydrogen-bond donors (Lipinski definition) is 3. The van der Waals surface area contributed by atoms with Crippen LogP contribution < -0.4 is 15.4 Å². The summed E-state index contributed by atoms with van der Waals surface area (Å²) in [6.45, 7) is 1.77. The molecule has 1 aliphatic carbocycles. The second kappa shape index (κ2) is 13.7. The molecule has 11 nitrogen and oxygen atoms in total. The second-order valence-electron chi connectivity index (χ2n) is 12.3. The van der Waals surface area contributed by atoms with Crippen LogP contribution in [0.25, 0.3) is 0 Å². The van der Waals surface area contributed by atoms with Gasteiger partial charge in [0.15, 0.2) is 6.29 Å². The number of carbonyl (C=O) groups is 1. The number of nitrogens with zero attached hydrogens (tertiary/aromatic N) is 1. The van der Waals surface area contributed by atoms with Crippen LogP contribution in [-0.2, 0) is 30.7 Å². The van der Waals surface area contributed by atoms with Crippen LogP contribution >= 0.6 is 0 Å². The van der Waals surface area contributed by atoms with Gasteiger partial charge in [0.05, 0.1) is 36.9 Å². The van der Waals surface area contributed by atoms with E-state index in [1.54, 1.807) is 12.1 Å². The fraction of sp³-hybridized carbons (Fsp3) is 0.594. The zero-order chi connectivity index (χ0) is 30.7. The Hall–Kier alpha value is -2.74. The number of aliphatic hydroxyl groups is 1. The molecule has 1 amide bonds. The lowest BCUT2D eigenvalue weighted by Gasteiger charge is -2.37. The molecule has 44 heavy (non-hydrogen) atoms. The number of alkyl carbamates (subject to hydrolysis) is 1. The van der Waals surface area contributed by atoms with Gasteiger partial charge in [0.1, 0.15) is 11.9 Å². The highest BCUT2D eigenvalue weighted by Crippen LogP contribution is 2.46. The molecule has 3 bridgehead atoms. The molecule has 240 valence electrons. The van der Waals surface area contributed by atoms with E-state index in [2.05, 4.69) is 10.6 Å². The highest BCUT2D eigenvalue weighted by molar-refractivity contribution is 7.89. The molecule has 3 heterocycles. The van der Waals surface area contributed by atoms with Crippen molar-refractivity contribution in [3.8, 4) is 5.75 Å². The monoisotopic (exact) mass is 629 g/mol. The molecule has 4 fully saturated rings. The quantitative estimate of drug-likeness (QED) is 0.343. The molecule has 0 spiro atoms. The maximum absolute atomic E-state index is 14.1. The first-order valence-corrected chi connectivity index (χ1v) is 17.1. The molecule has 6 unspecified atom stereocenters. The predicted octanol–water partition coefficient (Wildman–Crippen LogP) is 2.68. The minimum Gasteiger partial charge on any atom is -0.497 e. The second-order valence-corrected chi connectivity index (χ2v) is 14.2. The summed E-state index contributed by atoms with van der Waals surface area (Å²) in [5, 5.41) is 18.0. The summed E-state index contributed by atoms with van der Waals surface area (Å²) < 4.78 is 52.6. The van der Waals surface area contributed by atoms with Gasteiger partial charge in [-0.15, -0.1) is 0 Å². The topological polar surface area (TPSA) is 136 Å². The summed E-state index contributed by atoms with van der Waals surface area (Å²) in [6, 6.07) is 14.7. The van der Waals surface area contributed by atoms with E-state index in [4.69, 9.17) is 18.9 Å². The van der Waals surface area contributed by atoms with Crippen LogP contribution in [0.4, 0.5) is 4.79 Å². The SMILES string of the molecule is COc1ccc(S(=O)(=O)N(C[C@@H](O)[C@H](Cc2ccccc2)NC(=O)OC2C3COC4OC2CC4C3)C2CCCNCC2)cc1. The van der Waals surface area contributed by atoms with Crippen LogP contribution in [0.1, 0.15) is 37.7 Å². The molecule has 3 N–H and O–H groups in total. The first kappa shape index (κ1) is 31.3. The molecule has 0 aromatic heterocycles. The Balaban J connectivity index is 1.22. The highest BCUT2D eigenvalue weighted by atomic mass is 32.2. The molecule has 2 aromatic rings. The third-order valence-electron chi connectivity index (χ3n) is 9.43. The van der Waals surface area contributed by atoms with Crippen molar-refractivity contribution < 1.29 is 37.3 Å². The van der Waals surface area contributed by atoms with Crippen molar-refractivity contribution in [2.45, 2.75) is 80.1 Å². The number of methoxy groups -OCH3 is 1. The zero-order valence-electron chi connectivity index (χ0n) is 25.0. The maximum atomic E-state index is 14.1. The Kier molecular flexibility index (Phi) is 9.74. The summed E-state index contributed by atoms with van der Waals surface area (Å²) in [4.78, 5) is 13.5. The third kappa shape index (κ3) is 6.90. The van der Waals surface area contributed by atoms with E-state index in [1.807, 2.05) is 30.3 Å². The van der Waals surface area contributed by atoms with Crippen molar-refractivity contribution in [3.63, 3.8) is 0 Å². The van der Waals surface area contributed by atoms with Crippen molar-refractivity contribution in [3.05, 3.63) is 60.2 Å². The Morgan fingerprint density at radius 3 is 2.66 bits per heavy atom. The maximum Gasteiger partial charge on any atom is 0.407 e. The number of hydrogen-bond acceptors (Lipinski definition) is 9. The average Bonchev–Trinajstić information content (AvgIpc) is 3.13. The van der Waals surface area contributed by atoms with E-state index >= 15 is 0 Å². The van der Waals surface area contributed by atoms with Gasteiger partial charge in [-0.25, -0.2) is 13.2 Å². The fourth-order valence-electron chi connectivity index (χ4n) is 7.11. The van der Waals surface area contributed by atoms with Gasteiger partial charge >= 0.3 is 6.09 Å². The number of carbonyl (C=O) groups excluding carboxylic acids is 1. The smallest absolute Gasteiger partial charge is 0.407 e. The summed E-state index contributed by atoms with van der Waals surface area (Å²) in [6.07, 6.45) is 1.32. The molecule has 3 aliphatic heterocycles. The van der Waals surface area contributed by atoms with Crippen LogP contribution in [-0.4, -0.2) is 94.0 Å². The van der Waals surface area contributed by atoms with Crippen LogP contribution in [0.15, 0.2) is 59.5 Å². The number of benzene rings is 2. The fourth-order valence-corrected chi connectivity index (χ4v) is 8.81. The Bertz CT molecular complexity index is 1350. The van der Waals surface area contributed by atoms with E-state index in [0.29, 0.717) is 44.1 Å². The number of fused-ring (bicyclic) bond motifs is 2. The molecule has 6 rings (SSSR count). The van der Waals surface area contributed by atoms with Gasteiger partial charge in [-0.3, -0.25) is 0 Å². The lowest BCUT2D eigenvalue weighted by atomic mass is 9.78. The lowest BCUT2D eigenvalue weighted by molar-refractivity contribution is -0.153. The van der Waals surface area contributed by atoms with E-state index in [1.165, 1.54) is 23.5 Å². The Morgan fingerprint density at radius 2 is 1.89 bits per heavy atom. The van der Waals surface area contributed by atoms with Gasteiger partial charge < -0.3 is 34.7 Å². The first-order chi connectivity index (χ1) is 21.3. The molecule has 8 atom stereocenters. The predicted molar refractivity (Wildman–Crippen MR) is 162 cm³/mol. The Labute approximate surface area is 259 Å². The van der Waals surface area contributed by atoms with Gasteiger partial charge in [0.2, 0.25) is 10.0 Å². The molecule has 12 heteroatoms. The highest BCUT2D eigenvalue weighted by Gasteiger charge is 2.53. The van der Waals surface area contributed by atoms with E-state index in [0.717, 1.165) is 31.4 Å². The normalized spacial score (nSPS) is 29.5. The molecule has 2 aromatic carbocycles. The number of ether oxygens (including phenoxy) is 4. The summed E-state index contributed by atoms with van der Waals surface area (Å²) in [7, 11) is -2.46. The third-order valence-corrected chi connectivity index (χ3v) is 11.4. The van der Waals surface area contributed by atoms with Crippen LogP contribution in [0.5, 0.6) is 5.75 Å². The van der Waals surface area contributed by atoms with Crippen molar-refractivity contribution in [1.29, 1.82) is 0 Å². The minimum atomic E-state index is -3.99. The number of amides is 1. The molecule has 1 saturated carbocycles. The van der Waals surface area contributed by atoms with Gasteiger partial charge in [-0.1, -0.05) is 30.3 Å². The van der Waals surface area contributed by atoms with E-state index in [-0.39, 0.29) is 35.8 Å². The van der Waals surface area contributed by atoms with Crippen molar-refractivity contribution in [2.75, 3.05) is 33.4 Å². The van der Waals surface area contributed by atoms with Crippen LogP contribution in [0.2, 0.25) is 0 Å². The summed E-state index contributed by atoms with van der Waals surface area (Å²) >= 11 is 0. The largest absolute Gasteiger partial charge is 0.497 e. The van der Waals surface area contributed by atoms with Gasteiger partial charge in [-0.05, 0) is 81.4 Å². The van der Waals surface area contributed by atoms with Crippen molar-refractivity contribution >= 4 is 16.1 Å². The van der Waals surface area contributed by atoms with E-state index < -0.39 is 34.4 Å². The molecular weight excluding hydrogens is 586 g/mol. The first-order valence-electron chi connectivity index (χ1n) is 15.6. The van der Waals surface area contributed by atoms with Gasteiger partial charge in [0.25, 0.3) is 0 Å². The van der Waals surface area contributed by atoms with Gasteiger partial charge in [-0.2, -0.15) is 4.31 Å². The summed E-state index contributed by atoms with van der Waals surface area (Å²) in [5.74, 6) is 0.956. The number of nitrogens with one attached hydrogen (secondary N) is 2. The Morgan fingerprint density at radius 1 is 1.09 bits per heavy atom. The standard InChI is InChI=1S/C32H43N3O8S/c1-40-25-9-11-26(12-10-25)44(38,39)35(24-8-5-14-33-15-13-24)19-28(36)27(16-21-6-3-2-4-7-21)34-32(37)43-30-23-17-22-18-29(30)42-31(22)41-20-23/h2-4,6-7,9-12,22-24,27-31,33,36H,5,8,13-20H2,1H3,(H,34,37)/t22?,23?,24?,27-,28+,29?,30?,31?/m0/s1. The van der Waals surface area contributed by atoms with Crippen molar-refractivity contribution in [1.82, 2.24) is 14.9 Å². The molecule has 0 radical (unpaired) electrons. The minimum absolute atomic E-state index is 0.0646. The lowest BCUT2D eigenvalue weighted by Crippen LogP contribution is -2.54. The van der Waals surface area contributed by atoms with Crippen LogP contribution in [0, 0.1) is 11.8 Å². The van der Waals surface area contributed by atoms with E-state index in [9.17, 15) is 18.3 Å². The number of sulfonamides is 1. The van der Waals surface area contributed by atoms with Crippen LogP contribution in [0.3, 0.4) is 0 Å². The zero-order valence-corrected chi connectivity index (χ0v) is 25.9. The molecular formula is C32H43N3O8S. The van der Waals surface area contributed by atoms with Crippen molar-refractivity contribution in [2.24, 2.45) is 11.8 Å². The summed E-state index contributed by atoms with van der Waals surface area (Å²) in [5.41, 5.74) is 0.895. The number of aliphatic hydroxyl groups excluding tert-OH is 1.